The van der Waals surface area contributed by atoms with Crippen molar-refractivity contribution in [3.63, 3.8) is 0 Å². The standard InChI is InChI=1S/C27H25F5O2/c1-2-3-18-14-33-27(34-15-18)21-11-10-20(24(30)25(21)31)19-8-6-16(7-9-19)4-5-17-12-22(28)26(32)23(29)13-17/h6-13,18,27H,2-5,14-15H2,1H3. The fourth-order valence-corrected chi connectivity index (χ4v) is 4.16. The monoisotopic (exact) mass is 476 g/mol. The average Bonchev–Trinajstić information content (AvgIpc) is 2.84. The maximum Gasteiger partial charge on any atom is 0.194 e. The van der Waals surface area contributed by atoms with Crippen molar-refractivity contribution in [1.82, 2.24) is 0 Å². The van der Waals surface area contributed by atoms with Crippen LogP contribution in [0.2, 0.25) is 0 Å². The lowest BCUT2D eigenvalue weighted by atomic mass is 9.98. The van der Waals surface area contributed by atoms with Gasteiger partial charge in [0, 0.05) is 17.0 Å². The summed E-state index contributed by atoms with van der Waals surface area (Å²) in [5.41, 5.74) is 1.79. The van der Waals surface area contributed by atoms with Crippen molar-refractivity contribution in [1.29, 1.82) is 0 Å². The van der Waals surface area contributed by atoms with Crippen LogP contribution in [0.25, 0.3) is 11.1 Å². The zero-order chi connectivity index (χ0) is 24.2. The first-order valence-electron chi connectivity index (χ1n) is 11.3. The number of ether oxygens (including phenoxy) is 2. The summed E-state index contributed by atoms with van der Waals surface area (Å²) in [6.07, 6.45) is 1.76. The Morgan fingerprint density at radius 3 is 1.97 bits per heavy atom. The molecule has 2 nitrogen and oxygen atoms in total. The molecule has 3 aromatic carbocycles. The van der Waals surface area contributed by atoms with Crippen molar-refractivity contribution in [3.8, 4) is 11.1 Å². The molecule has 3 aromatic rings. The quantitative estimate of drug-likeness (QED) is 0.263. The third-order valence-electron chi connectivity index (χ3n) is 6.04. The molecule has 0 atom stereocenters. The SMILES string of the molecule is CCCC1COC(c2ccc(-c3ccc(CCc4cc(F)c(F)c(F)c4)cc3)c(F)c2F)OC1. The third kappa shape index (κ3) is 5.31. The maximum atomic E-state index is 14.9. The van der Waals surface area contributed by atoms with E-state index in [4.69, 9.17) is 9.47 Å². The van der Waals surface area contributed by atoms with Crippen molar-refractivity contribution >= 4 is 0 Å². The second-order valence-corrected chi connectivity index (χ2v) is 8.55. The molecule has 0 saturated carbocycles. The van der Waals surface area contributed by atoms with Crippen LogP contribution in [-0.2, 0) is 22.3 Å². The van der Waals surface area contributed by atoms with Gasteiger partial charge in [-0.15, -0.1) is 0 Å². The predicted octanol–water partition coefficient (Wildman–Crippen LogP) is 7.30. The lowest BCUT2D eigenvalue weighted by Gasteiger charge is -2.29. The summed E-state index contributed by atoms with van der Waals surface area (Å²) in [6, 6.07) is 11.7. The first kappa shape index (κ1) is 24.4. The first-order chi connectivity index (χ1) is 16.4. The molecule has 1 saturated heterocycles. The van der Waals surface area contributed by atoms with Crippen LogP contribution in [0.1, 0.15) is 42.7 Å². The molecule has 0 spiro atoms. The third-order valence-corrected chi connectivity index (χ3v) is 6.04. The van der Waals surface area contributed by atoms with Crippen molar-refractivity contribution in [2.24, 2.45) is 5.92 Å². The Labute approximate surface area is 195 Å². The smallest absolute Gasteiger partial charge is 0.194 e. The molecule has 1 aliphatic heterocycles. The average molecular weight is 476 g/mol. The minimum atomic E-state index is -1.49. The van der Waals surface area contributed by atoms with Crippen molar-refractivity contribution in [2.45, 2.75) is 38.9 Å². The minimum absolute atomic E-state index is 0.0339. The summed E-state index contributed by atoms with van der Waals surface area (Å²) in [7, 11) is 0. The molecule has 0 N–H and O–H groups in total. The van der Waals surface area contributed by atoms with Crippen LogP contribution in [0, 0.1) is 35.0 Å². The lowest BCUT2D eigenvalue weighted by molar-refractivity contribution is -0.207. The molecule has 180 valence electrons. The summed E-state index contributed by atoms with van der Waals surface area (Å²) in [5, 5.41) is 0. The van der Waals surface area contributed by atoms with E-state index in [0.717, 1.165) is 30.5 Å². The van der Waals surface area contributed by atoms with E-state index in [1.54, 1.807) is 24.3 Å². The lowest BCUT2D eigenvalue weighted by Crippen LogP contribution is -2.27. The van der Waals surface area contributed by atoms with Gasteiger partial charge in [0.1, 0.15) is 0 Å². The molecule has 0 aromatic heterocycles. The molecule has 1 heterocycles. The maximum absolute atomic E-state index is 14.9. The topological polar surface area (TPSA) is 18.5 Å². The minimum Gasteiger partial charge on any atom is -0.348 e. The Kier molecular flexibility index (Phi) is 7.63. The fraction of sp³-hybridized carbons (Fsp3) is 0.333. The van der Waals surface area contributed by atoms with Gasteiger partial charge in [0.05, 0.1) is 13.2 Å². The van der Waals surface area contributed by atoms with E-state index in [1.165, 1.54) is 12.1 Å². The van der Waals surface area contributed by atoms with Gasteiger partial charge in [-0.25, -0.2) is 22.0 Å². The summed E-state index contributed by atoms with van der Waals surface area (Å²) >= 11 is 0. The summed E-state index contributed by atoms with van der Waals surface area (Å²) in [6.45, 7) is 2.96. The first-order valence-corrected chi connectivity index (χ1v) is 11.3. The van der Waals surface area contributed by atoms with E-state index in [2.05, 4.69) is 6.92 Å². The highest BCUT2D eigenvalue weighted by Crippen LogP contribution is 2.33. The highest BCUT2D eigenvalue weighted by atomic mass is 19.2. The van der Waals surface area contributed by atoms with Gasteiger partial charge in [-0.2, -0.15) is 0 Å². The van der Waals surface area contributed by atoms with Gasteiger partial charge in [-0.05, 0) is 48.1 Å². The van der Waals surface area contributed by atoms with Gasteiger partial charge < -0.3 is 9.47 Å². The van der Waals surface area contributed by atoms with Crippen molar-refractivity contribution < 1.29 is 31.4 Å². The van der Waals surface area contributed by atoms with Crippen LogP contribution in [0.4, 0.5) is 22.0 Å². The summed E-state index contributed by atoms with van der Waals surface area (Å²) in [5.74, 6) is -5.66. The number of hydrogen-bond donors (Lipinski definition) is 0. The number of rotatable bonds is 7. The van der Waals surface area contributed by atoms with E-state index in [-0.39, 0.29) is 17.0 Å². The van der Waals surface area contributed by atoms with E-state index in [1.807, 2.05) is 0 Å². The van der Waals surface area contributed by atoms with Gasteiger partial charge in [0.2, 0.25) is 0 Å². The molecule has 0 amide bonds. The molecular weight excluding hydrogens is 451 g/mol. The zero-order valence-corrected chi connectivity index (χ0v) is 18.7. The van der Waals surface area contributed by atoms with Crippen LogP contribution < -0.4 is 0 Å². The molecule has 0 radical (unpaired) electrons. The van der Waals surface area contributed by atoms with Gasteiger partial charge in [-0.1, -0.05) is 49.7 Å². The largest absolute Gasteiger partial charge is 0.348 e. The van der Waals surface area contributed by atoms with E-state index < -0.39 is 35.4 Å². The number of benzene rings is 3. The molecule has 1 fully saturated rings. The summed E-state index contributed by atoms with van der Waals surface area (Å²) in [4.78, 5) is 0. The van der Waals surface area contributed by atoms with Gasteiger partial charge in [0.25, 0.3) is 0 Å². The van der Waals surface area contributed by atoms with Crippen LogP contribution in [0.3, 0.4) is 0 Å². The van der Waals surface area contributed by atoms with E-state index >= 15 is 0 Å². The van der Waals surface area contributed by atoms with Crippen molar-refractivity contribution in [2.75, 3.05) is 13.2 Å². The second kappa shape index (κ2) is 10.7. The molecular formula is C27H25F5O2. The Hall–Kier alpha value is -2.77. The highest BCUT2D eigenvalue weighted by molar-refractivity contribution is 5.65. The Morgan fingerprint density at radius 1 is 0.735 bits per heavy atom. The number of halogens is 5. The highest BCUT2D eigenvalue weighted by Gasteiger charge is 2.27. The van der Waals surface area contributed by atoms with E-state index in [9.17, 15) is 22.0 Å². The number of hydrogen-bond acceptors (Lipinski definition) is 2. The van der Waals surface area contributed by atoms with Crippen molar-refractivity contribution in [3.05, 3.63) is 94.3 Å². The van der Waals surface area contributed by atoms with Gasteiger partial charge in [0.15, 0.2) is 35.4 Å². The van der Waals surface area contributed by atoms with E-state index in [0.29, 0.717) is 37.2 Å². The van der Waals surface area contributed by atoms with Crippen LogP contribution in [-0.4, -0.2) is 13.2 Å². The zero-order valence-electron chi connectivity index (χ0n) is 18.7. The summed E-state index contributed by atoms with van der Waals surface area (Å²) < 4.78 is 80.8. The predicted molar refractivity (Wildman–Crippen MR) is 119 cm³/mol. The van der Waals surface area contributed by atoms with Crippen LogP contribution in [0.5, 0.6) is 0 Å². The Bertz CT molecular complexity index is 1120. The molecule has 0 unspecified atom stereocenters. The van der Waals surface area contributed by atoms with Gasteiger partial charge >= 0.3 is 0 Å². The molecule has 7 heteroatoms. The Morgan fingerprint density at radius 2 is 1.35 bits per heavy atom. The van der Waals surface area contributed by atoms with Crippen LogP contribution in [0.15, 0.2) is 48.5 Å². The van der Waals surface area contributed by atoms with Crippen LogP contribution >= 0.6 is 0 Å². The van der Waals surface area contributed by atoms with Gasteiger partial charge in [-0.3, -0.25) is 0 Å². The molecule has 1 aliphatic rings. The molecule has 0 aliphatic carbocycles. The second-order valence-electron chi connectivity index (χ2n) is 8.55. The molecule has 34 heavy (non-hydrogen) atoms. The molecule has 0 bridgehead atoms. The molecule has 4 rings (SSSR count). The normalized spacial score (nSPS) is 18.3. The number of aryl methyl sites for hydroxylation is 2. The fourth-order valence-electron chi connectivity index (χ4n) is 4.16. The Balaban J connectivity index is 1.44.